The van der Waals surface area contributed by atoms with Gasteiger partial charge >= 0.3 is 12.0 Å². The van der Waals surface area contributed by atoms with Gasteiger partial charge in [-0.05, 0) is 31.2 Å². The van der Waals surface area contributed by atoms with Gasteiger partial charge in [0.05, 0.1) is 0 Å². The van der Waals surface area contributed by atoms with Crippen LogP contribution in [0.4, 0.5) is 16.2 Å². The van der Waals surface area contributed by atoms with Crippen molar-refractivity contribution in [2.45, 2.75) is 13.0 Å². The molecule has 86 valence electrons. The zero-order valence-corrected chi connectivity index (χ0v) is 8.73. The molecular weight excluding hydrogens is 210 g/mol. The maximum Gasteiger partial charge on any atom is 0.325 e. The van der Waals surface area contributed by atoms with Crippen LogP contribution in [0, 0.1) is 0 Å². The first-order valence-electron chi connectivity index (χ1n) is 4.65. The van der Waals surface area contributed by atoms with Crippen LogP contribution in [0.3, 0.4) is 0 Å². The number of carboxylic acid groups (broad SMARTS) is 1. The number of amides is 2. The normalized spacial score (nSPS) is 11.6. The Bertz CT molecular complexity index is 389. The van der Waals surface area contributed by atoms with E-state index < -0.39 is 18.0 Å². The second-order valence-electron chi connectivity index (χ2n) is 3.27. The lowest BCUT2D eigenvalue weighted by Crippen LogP contribution is -2.25. The van der Waals surface area contributed by atoms with Crippen molar-refractivity contribution >= 4 is 23.4 Å². The molecule has 1 aromatic rings. The molecule has 1 unspecified atom stereocenters. The Morgan fingerprint density at radius 1 is 1.25 bits per heavy atom. The Hall–Kier alpha value is -2.24. The van der Waals surface area contributed by atoms with Gasteiger partial charge in [0.25, 0.3) is 0 Å². The molecular formula is C10H13N3O3. The van der Waals surface area contributed by atoms with Crippen LogP contribution < -0.4 is 16.4 Å². The SMILES string of the molecule is CC(Nc1ccc(NC(N)=O)cc1)C(=O)O. The zero-order chi connectivity index (χ0) is 12.1. The molecule has 5 N–H and O–H groups in total. The third kappa shape index (κ3) is 3.49. The Kier molecular flexibility index (Phi) is 3.71. The lowest BCUT2D eigenvalue weighted by molar-refractivity contribution is -0.137. The second-order valence-corrected chi connectivity index (χ2v) is 3.27. The number of anilines is 2. The molecule has 0 aliphatic rings. The Labute approximate surface area is 92.4 Å². The second kappa shape index (κ2) is 5.01. The van der Waals surface area contributed by atoms with Crippen LogP contribution in [0.2, 0.25) is 0 Å². The van der Waals surface area contributed by atoms with E-state index in [0.29, 0.717) is 11.4 Å². The van der Waals surface area contributed by atoms with E-state index in [2.05, 4.69) is 10.6 Å². The largest absolute Gasteiger partial charge is 0.480 e. The fraction of sp³-hybridized carbons (Fsp3) is 0.200. The molecule has 2 amide bonds. The number of rotatable bonds is 4. The summed E-state index contributed by atoms with van der Waals surface area (Å²) in [5.41, 5.74) is 6.15. The third-order valence-electron chi connectivity index (χ3n) is 1.91. The Balaban J connectivity index is 2.64. The first kappa shape index (κ1) is 11.8. The van der Waals surface area contributed by atoms with Gasteiger partial charge in [0, 0.05) is 11.4 Å². The molecule has 0 aromatic heterocycles. The van der Waals surface area contributed by atoms with Crippen molar-refractivity contribution in [3.05, 3.63) is 24.3 Å². The molecule has 0 heterocycles. The average molecular weight is 223 g/mol. The third-order valence-corrected chi connectivity index (χ3v) is 1.91. The average Bonchev–Trinajstić information content (AvgIpc) is 2.20. The van der Waals surface area contributed by atoms with Crippen LogP contribution in [0.5, 0.6) is 0 Å². The van der Waals surface area contributed by atoms with Crippen molar-refractivity contribution in [2.75, 3.05) is 10.6 Å². The maximum atomic E-state index is 10.6. The molecule has 0 aliphatic carbocycles. The quantitative estimate of drug-likeness (QED) is 0.612. The predicted molar refractivity (Wildman–Crippen MR) is 60.4 cm³/mol. The van der Waals surface area contributed by atoms with Crippen molar-refractivity contribution in [1.29, 1.82) is 0 Å². The summed E-state index contributed by atoms with van der Waals surface area (Å²) in [6.07, 6.45) is 0. The molecule has 16 heavy (non-hydrogen) atoms. The number of nitrogens with one attached hydrogen (secondary N) is 2. The van der Waals surface area contributed by atoms with Gasteiger partial charge in [-0.3, -0.25) is 4.79 Å². The van der Waals surface area contributed by atoms with Crippen molar-refractivity contribution < 1.29 is 14.7 Å². The number of hydrogen-bond acceptors (Lipinski definition) is 3. The summed E-state index contributed by atoms with van der Waals surface area (Å²) in [7, 11) is 0. The van der Waals surface area contributed by atoms with E-state index in [1.165, 1.54) is 6.92 Å². The number of aliphatic carboxylic acids is 1. The summed E-state index contributed by atoms with van der Waals surface area (Å²) in [6, 6.07) is 5.26. The Morgan fingerprint density at radius 2 is 1.75 bits per heavy atom. The molecule has 6 heteroatoms. The van der Waals surface area contributed by atoms with E-state index >= 15 is 0 Å². The fourth-order valence-corrected chi connectivity index (χ4v) is 1.10. The lowest BCUT2D eigenvalue weighted by Gasteiger charge is -2.11. The van der Waals surface area contributed by atoms with Gasteiger partial charge < -0.3 is 21.5 Å². The van der Waals surface area contributed by atoms with Crippen LogP contribution in [-0.4, -0.2) is 23.1 Å². The minimum absolute atomic E-state index is 0.557. The summed E-state index contributed by atoms with van der Waals surface area (Å²) in [5, 5.41) is 13.9. The van der Waals surface area contributed by atoms with Gasteiger partial charge in [-0.25, -0.2) is 4.79 Å². The number of carbonyl (C=O) groups excluding carboxylic acids is 1. The summed E-state index contributed by atoms with van der Waals surface area (Å²) < 4.78 is 0. The van der Waals surface area contributed by atoms with Gasteiger partial charge in [-0.2, -0.15) is 0 Å². The smallest absolute Gasteiger partial charge is 0.325 e. The van der Waals surface area contributed by atoms with Crippen LogP contribution in [-0.2, 0) is 4.79 Å². The zero-order valence-electron chi connectivity index (χ0n) is 8.73. The highest BCUT2D eigenvalue weighted by molar-refractivity contribution is 5.88. The van der Waals surface area contributed by atoms with Crippen LogP contribution >= 0.6 is 0 Å². The minimum Gasteiger partial charge on any atom is -0.480 e. The lowest BCUT2D eigenvalue weighted by atomic mass is 10.2. The van der Waals surface area contributed by atoms with E-state index in [1.54, 1.807) is 24.3 Å². The number of primary amides is 1. The molecule has 1 rings (SSSR count). The highest BCUT2D eigenvalue weighted by Gasteiger charge is 2.09. The first-order valence-corrected chi connectivity index (χ1v) is 4.65. The van der Waals surface area contributed by atoms with Crippen molar-refractivity contribution in [3.63, 3.8) is 0 Å². The van der Waals surface area contributed by atoms with Crippen LogP contribution in [0.25, 0.3) is 0 Å². The van der Waals surface area contributed by atoms with Gasteiger partial charge in [0.2, 0.25) is 0 Å². The molecule has 1 aromatic carbocycles. The van der Waals surface area contributed by atoms with E-state index in [9.17, 15) is 9.59 Å². The summed E-state index contributed by atoms with van der Waals surface area (Å²) >= 11 is 0. The fourth-order valence-electron chi connectivity index (χ4n) is 1.10. The van der Waals surface area contributed by atoms with Crippen LogP contribution in [0.1, 0.15) is 6.92 Å². The minimum atomic E-state index is -0.931. The predicted octanol–water partition coefficient (Wildman–Crippen LogP) is 1.06. The van der Waals surface area contributed by atoms with E-state index in [4.69, 9.17) is 10.8 Å². The molecule has 1 atom stereocenters. The first-order chi connectivity index (χ1) is 7.49. The Morgan fingerprint density at radius 3 is 2.19 bits per heavy atom. The van der Waals surface area contributed by atoms with Crippen molar-refractivity contribution in [2.24, 2.45) is 5.73 Å². The summed E-state index contributed by atoms with van der Waals surface area (Å²) in [5.74, 6) is -0.931. The van der Waals surface area contributed by atoms with Crippen LogP contribution in [0.15, 0.2) is 24.3 Å². The van der Waals surface area contributed by atoms with Gasteiger partial charge in [0.15, 0.2) is 0 Å². The molecule has 0 saturated carbocycles. The van der Waals surface area contributed by atoms with Crippen molar-refractivity contribution in [1.82, 2.24) is 0 Å². The monoisotopic (exact) mass is 223 g/mol. The number of carboxylic acids is 1. The molecule has 0 radical (unpaired) electrons. The van der Waals surface area contributed by atoms with Gasteiger partial charge in [0.1, 0.15) is 6.04 Å². The van der Waals surface area contributed by atoms with Crippen molar-refractivity contribution in [3.8, 4) is 0 Å². The van der Waals surface area contributed by atoms with E-state index in [0.717, 1.165) is 0 Å². The van der Waals surface area contributed by atoms with E-state index in [1.807, 2.05) is 0 Å². The number of urea groups is 1. The molecule has 0 saturated heterocycles. The molecule has 0 bridgehead atoms. The number of hydrogen-bond donors (Lipinski definition) is 4. The molecule has 0 fully saturated rings. The highest BCUT2D eigenvalue weighted by Crippen LogP contribution is 2.14. The standard InChI is InChI=1S/C10H13N3O3/c1-6(9(14)15)12-7-2-4-8(5-3-7)13-10(11)16/h2-6,12H,1H3,(H,14,15)(H3,11,13,16). The number of benzene rings is 1. The number of nitrogens with two attached hydrogens (primary N) is 1. The molecule has 0 spiro atoms. The summed E-state index contributed by atoms with van der Waals surface area (Å²) in [4.78, 5) is 21.1. The molecule has 6 nitrogen and oxygen atoms in total. The van der Waals surface area contributed by atoms with Gasteiger partial charge in [-0.1, -0.05) is 0 Å². The maximum absolute atomic E-state index is 10.6. The highest BCUT2D eigenvalue weighted by atomic mass is 16.4. The number of carbonyl (C=O) groups is 2. The summed E-state index contributed by atoms with van der Waals surface area (Å²) in [6.45, 7) is 1.54. The molecule has 0 aliphatic heterocycles. The van der Waals surface area contributed by atoms with E-state index in [-0.39, 0.29) is 0 Å². The topological polar surface area (TPSA) is 104 Å². The van der Waals surface area contributed by atoms with Gasteiger partial charge in [-0.15, -0.1) is 0 Å².